The molecule has 1 aromatic carbocycles. The number of Topliss-reactive ketones (excluding diaryl/α,β-unsaturated/α-hetero) is 2. The molecular weight excluding hydrogens is 356 g/mol. The third-order valence-electron chi connectivity index (χ3n) is 5.05. The lowest BCUT2D eigenvalue weighted by Crippen LogP contribution is -2.14. The Labute approximate surface area is 163 Å². The van der Waals surface area contributed by atoms with Gasteiger partial charge in [0, 0.05) is 18.4 Å². The first kappa shape index (κ1) is 19.6. The standard InChI is InChI=1S/C22H22N2O4/c1-13(25)21-14(2)28-22(18(21)12-23)24-20(27)10-9-19(26)17-8-7-15-5-3-4-6-16(15)11-17/h7-8,11H,3-6,9-10H2,1-2H3,(H,24,27). The van der Waals surface area contributed by atoms with Crippen molar-refractivity contribution in [3.8, 4) is 6.07 Å². The number of benzene rings is 1. The molecule has 0 aliphatic heterocycles. The number of anilines is 1. The van der Waals surface area contributed by atoms with Gasteiger partial charge in [-0.2, -0.15) is 5.26 Å². The molecule has 1 amide bonds. The Bertz CT molecular complexity index is 995. The summed E-state index contributed by atoms with van der Waals surface area (Å²) < 4.78 is 5.36. The van der Waals surface area contributed by atoms with E-state index in [1.165, 1.54) is 24.5 Å². The molecule has 144 valence electrons. The predicted molar refractivity (Wildman–Crippen MR) is 103 cm³/mol. The van der Waals surface area contributed by atoms with Crippen molar-refractivity contribution in [2.75, 3.05) is 5.32 Å². The van der Waals surface area contributed by atoms with Crippen LogP contribution < -0.4 is 5.32 Å². The lowest BCUT2D eigenvalue weighted by Gasteiger charge is -2.16. The van der Waals surface area contributed by atoms with Gasteiger partial charge in [0.05, 0.1) is 5.56 Å². The van der Waals surface area contributed by atoms with Gasteiger partial charge < -0.3 is 4.42 Å². The molecule has 0 saturated heterocycles. The average molecular weight is 378 g/mol. The zero-order valence-electron chi connectivity index (χ0n) is 16.1. The van der Waals surface area contributed by atoms with Crippen LogP contribution in [0.3, 0.4) is 0 Å². The van der Waals surface area contributed by atoms with Crippen LogP contribution in [-0.2, 0) is 17.6 Å². The average Bonchev–Trinajstić information content (AvgIpc) is 3.00. The summed E-state index contributed by atoms with van der Waals surface area (Å²) in [7, 11) is 0. The molecule has 0 spiro atoms. The van der Waals surface area contributed by atoms with E-state index in [1.54, 1.807) is 6.92 Å². The first-order chi connectivity index (χ1) is 13.4. The predicted octanol–water partition coefficient (Wildman–Crippen LogP) is 4.14. The maximum Gasteiger partial charge on any atom is 0.227 e. The van der Waals surface area contributed by atoms with Gasteiger partial charge in [-0.1, -0.05) is 12.1 Å². The molecule has 1 aliphatic carbocycles. The minimum Gasteiger partial charge on any atom is -0.443 e. The largest absolute Gasteiger partial charge is 0.443 e. The summed E-state index contributed by atoms with van der Waals surface area (Å²) >= 11 is 0. The smallest absolute Gasteiger partial charge is 0.227 e. The normalized spacial score (nSPS) is 12.8. The number of rotatable bonds is 6. The van der Waals surface area contributed by atoms with Crippen LogP contribution in [0, 0.1) is 18.3 Å². The second-order valence-electron chi connectivity index (χ2n) is 7.07. The number of nitrogens with zero attached hydrogens (tertiary/aromatic N) is 1. The number of nitriles is 1. The van der Waals surface area contributed by atoms with Crippen LogP contribution in [0.25, 0.3) is 0 Å². The monoisotopic (exact) mass is 378 g/mol. The van der Waals surface area contributed by atoms with Crippen molar-refractivity contribution in [2.24, 2.45) is 0 Å². The van der Waals surface area contributed by atoms with Crippen molar-refractivity contribution in [1.82, 2.24) is 0 Å². The Morgan fingerprint density at radius 3 is 2.54 bits per heavy atom. The molecule has 3 rings (SSSR count). The van der Waals surface area contributed by atoms with Crippen LogP contribution >= 0.6 is 0 Å². The molecule has 0 atom stereocenters. The van der Waals surface area contributed by atoms with Crippen molar-refractivity contribution >= 4 is 23.4 Å². The van der Waals surface area contributed by atoms with Crippen molar-refractivity contribution in [3.05, 3.63) is 51.8 Å². The topological polar surface area (TPSA) is 100 Å². The summed E-state index contributed by atoms with van der Waals surface area (Å²) in [6.45, 7) is 2.90. The summed E-state index contributed by atoms with van der Waals surface area (Å²) in [4.78, 5) is 36.3. The summed E-state index contributed by atoms with van der Waals surface area (Å²) in [6, 6.07) is 7.67. The molecule has 0 unspecified atom stereocenters. The van der Waals surface area contributed by atoms with Gasteiger partial charge in [0.2, 0.25) is 11.8 Å². The highest BCUT2D eigenvalue weighted by Gasteiger charge is 2.22. The summed E-state index contributed by atoms with van der Waals surface area (Å²) in [5.41, 5.74) is 3.34. The maximum atomic E-state index is 12.5. The van der Waals surface area contributed by atoms with Gasteiger partial charge in [-0.05, 0) is 56.7 Å². The van der Waals surface area contributed by atoms with E-state index >= 15 is 0 Å². The number of hydrogen-bond donors (Lipinski definition) is 1. The van der Waals surface area contributed by atoms with E-state index in [9.17, 15) is 19.6 Å². The van der Waals surface area contributed by atoms with Gasteiger partial charge in [-0.25, -0.2) is 0 Å². The summed E-state index contributed by atoms with van der Waals surface area (Å²) in [5, 5.41) is 11.8. The molecule has 1 aromatic heterocycles. The highest BCUT2D eigenvalue weighted by molar-refractivity contribution is 6.02. The molecule has 1 N–H and O–H groups in total. The Morgan fingerprint density at radius 2 is 1.86 bits per heavy atom. The molecule has 2 aromatic rings. The number of carbonyl (C=O) groups is 3. The molecule has 0 radical (unpaired) electrons. The molecule has 0 bridgehead atoms. The van der Waals surface area contributed by atoms with E-state index in [4.69, 9.17) is 4.42 Å². The van der Waals surface area contributed by atoms with Gasteiger partial charge in [-0.15, -0.1) is 0 Å². The van der Waals surface area contributed by atoms with Crippen LogP contribution in [0.1, 0.15) is 75.8 Å². The zero-order chi connectivity index (χ0) is 20.3. The number of carbonyl (C=O) groups excluding carboxylic acids is 3. The molecule has 6 heteroatoms. The summed E-state index contributed by atoms with van der Waals surface area (Å²) in [6.07, 6.45) is 4.39. The zero-order valence-corrected chi connectivity index (χ0v) is 16.1. The molecule has 0 saturated carbocycles. The first-order valence-corrected chi connectivity index (χ1v) is 9.40. The third kappa shape index (κ3) is 4.04. The number of fused-ring (bicyclic) bond motifs is 1. The first-order valence-electron chi connectivity index (χ1n) is 9.40. The second-order valence-corrected chi connectivity index (χ2v) is 7.07. The van der Waals surface area contributed by atoms with Gasteiger partial charge in [0.15, 0.2) is 11.6 Å². The van der Waals surface area contributed by atoms with Crippen molar-refractivity contribution in [1.29, 1.82) is 5.26 Å². The molecule has 1 heterocycles. The minimum atomic E-state index is -0.438. The number of nitrogens with one attached hydrogen (secondary N) is 1. The number of aryl methyl sites for hydroxylation is 3. The number of furan rings is 1. The Balaban J connectivity index is 1.63. The highest BCUT2D eigenvalue weighted by Crippen LogP contribution is 2.27. The fraction of sp³-hybridized carbons (Fsp3) is 0.364. The van der Waals surface area contributed by atoms with Gasteiger partial charge >= 0.3 is 0 Å². The Morgan fingerprint density at radius 1 is 1.14 bits per heavy atom. The minimum absolute atomic E-state index is 0.0133. The van der Waals surface area contributed by atoms with Crippen molar-refractivity contribution in [2.45, 2.75) is 52.4 Å². The van der Waals surface area contributed by atoms with Crippen LogP contribution in [0.4, 0.5) is 5.88 Å². The quantitative estimate of drug-likeness (QED) is 0.761. The van der Waals surface area contributed by atoms with E-state index in [2.05, 4.69) is 5.32 Å². The van der Waals surface area contributed by atoms with Gasteiger partial charge in [0.1, 0.15) is 17.4 Å². The van der Waals surface area contributed by atoms with Crippen LogP contribution in [0.2, 0.25) is 0 Å². The van der Waals surface area contributed by atoms with E-state index < -0.39 is 5.91 Å². The lowest BCUT2D eigenvalue weighted by molar-refractivity contribution is -0.116. The van der Waals surface area contributed by atoms with E-state index in [0.29, 0.717) is 5.56 Å². The number of hydrogen-bond acceptors (Lipinski definition) is 5. The third-order valence-corrected chi connectivity index (χ3v) is 5.05. The number of amides is 1. The molecule has 0 fully saturated rings. The van der Waals surface area contributed by atoms with Crippen molar-refractivity contribution < 1.29 is 18.8 Å². The van der Waals surface area contributed by atoms with Gasteiger partial charge in [0.25, 0.3) is 0 Å². The summed E-state index contributed by atoms with van der Waals surface area (Å²) in [5.74, 6) is -0.599. The van der Waals surface area contributed by atoms with Gasteiger partial charge in [-0.3, -0.25) is 19.7 Å². The fourth-order valence-corrected chi connectivity index (χ4v) is 3.63. The molecule has 28 heavy (non-hydrogen) atoms. The fourth-order valence-electron chi connectivity index (χ4n) is 3.63. The van der Waals surface area contributed by atoms with E-state index in [1.807, 2.05) is 24.3 Å². The maximum absolute atomic E-state index is 12.5. The number of ketones is 2. The van der Waals surface area contributed by atoms with Crippen molar-refractivity contribution in [3.63, 3.8) is 0 Å². The van der Waals surface area contributed by atoms with E-state index in [0.717, 1.165) is 19.3 Å². The molecule has 6 nitrogen and oxygen atoms in total. The highest BCUT2D eigenvalue weighted by atomic mass is 16.4. The van der Waals surface area contributed by atoms with Crippen LogP contribution in [0.15, 0.2) is 22.6 Å². The Kier molecular flexibility index (Phi) is 5.74. The lowest BCUT2D eigenvalue weighted by atomic mass is 9.89. The van der Waals surface area contributed by atoms with Crippen LogP contribution in [-0.4, -0.2) is 17.5 Å². The molecule has 1 aliphatic rings. The van der Waals surface area contributed by atoms with Crippen LogP contribution in [0.5, 0.6) is 0 Å². The SMILES string of the molecule is CC(=O)c1c(C)oc(NC(=O)CCC(=O)c2ccc3c(c2)CCCC3)c1C#N. The second kappa shape index (κ2) is 8.22. The Hall–Kier alpha value is -3.20. The van der Waals surface area contributed by atoms with E-state index in [-0.39, 0.29) is 47.2 Å². The molecular formula is C22H22N2O4.